The molecule has 1 aliphatic rings. The van der Waals surface area contributed by atoms with Crippen LogP contribution < -0.4 is 4.90 Å². The van der Waals surface area contributed by atoms with Crippen LogP contribution in [0, 0.1) is 0 Å². The zero-order valence-corrected chi connectivity index (χ0v) is 17.5. The largest absolute Gasteiger partial charge is 0.360 e. The lowest BCUT2D eigenvalue weighted by Crippen LogP contribution is -2.37. The summed E-state index contributed by atoms with van der Waals surface area (Å²) in [6, 6.07) is 19.9. The second-order valence-electron chi connectivity index (χ2n) is 7.43. The molecule has 0 spiro atoms. The van der Waals surface area contributed by atoms with Crippen LogP contribution in [0.1, 0.15) is 23.7 Å². The van der Waals surface area contributed by atoms with E-state index >= 15 is 0 Å². The Kier molecular flexibility index (Phi) is 5.89. The van der Waals surface area contributed by atoms with Crippen molar-refractivity contribution in [2.75, 3.05) is 25.0 Å². The highest BCUT2D eigenvalue weighted by atomic mass is 16.2. The van der Waals surface area contributed by atoms with Crippen molar-refractivity contribution in [1.29, 1.82) is 0 Å². The van der Waals surface area contributed by atoms with Crippen LogP contribution in [0.4, 0.5) is 5.82 Å². The van der Waals surface area contributed by atoms with E-state index in [1.165, 1.54) is 0 Å². The summed E-state index contributed by atoms with van der Waals surface area (Å²) in [7, 11) is 2.04. The first-order valence-corrected chi connectivity index (χ1v) is 10.3. The van der Waals surface area contributed by atoms with Crippen molar-refractivity contribution in [3.63, 3.8) is 0 Å². The molecule has 0 bridgehead atoms. The van der Waals surface area contributed by atoms with E-state index in [0.717, 1.165) is 47.0 Å². The van der Waals surface area contributed by atoms with Crippen LogP contribution in [-0.2, 0) is 17.8 Å². The molecule has 152 valence electrons. The van der Waals surface area contributed by atoms with Gasteiger partial charge in [0.1, 0.15) is 5.82 Å². The predicted molar refractivity (Wildman–Crippen MR) is 121 cm³/mol. The summed E-state index contributed by atoms with van der Waals surface area (Å²) in [5.74, 6) is 1.67. The highest BCUT2D eigenvalue weighted by Crippen LogP contribution is 2.29. The molecule has 5 nitrogen and oxygen atoms in total. The number of carbonyl (C=O) groups is 1. The van der Waals surface area contributed by atoms with Gasteiger partial charge in [-0.05, 0) is 18.6 Å². The van der Waals surface area contributed by atoms with E-state index in [1.807, 2.05) is 78.7 Å². The zero-order valence-electron chi connectivity index (χ0n) is 17.5. The lowest BCUT2D eigenvalue weighted by molar-refractivity contribution is -0.126. The van der Waals surface area contributed by atoms with Gasteiger partial charge >= 0.3 is 0 Å². The molecular formula is C25H26N4O. The van der Waals surface area contributed by atoms with Gasteiger partial charge in [0.2, 0.25) is 5.91 Å². The number of aromatic nitrogens is 2. The smallest absolute Gasteiger partial charge is 0.246 e. The van der Waals surface area contributed by atoms with Gasteiger partial charge in [-0.3, -0.25) is 4.79 Å². The Labute approximate surface area is 177 Å². The van der Waals surface area contributed by atoms with Gasteiger partial charge in [-0.2, -0.15) is 0 Å². The molecule has 0 radical (unpaired) electrons. The van der Waals surface area contributed by atoms with Gasteiger partial charge in [-0.1, -0.05) is 60.7 Å². The molecule has 0 unspecified atom stereocenters. The van der Waals surface area contributed by atoms with E-state index in [4.69, 9.17) is 9.97 Å². The van der Waals surface area contributed by atoms with Crippen LogP contribution in [0.5, 0.6) is 0 Å². The number of hydrogen-bond donors (Lipinski definition) is 0. The van der Waals surface area contributed by atoms with Crippen LogP contribution >= 0.6 is 0 Å². The van der Waals surface area contributed by atoms with Crippen molar-refractivity contribution < 1.29 is 4.79 Å². The summed E-state index contributed by atoms with van der Waals surface area (Å²) >= 11 is 0. The summed E-state index contributed by atoms with van der Waals surface area (Å²) in [4.78, 5) is 26.5. The standard InChI is InChI=1S/C25H26N4O/c1-3-28(2)25-21-18-29(23(30)15-14-19-10-6-4-7-11-19)17-16-22(21)26-24(27-25)20-12-8-5-9-13-20/h4-15H,3,16-18H2,1-2H3/b15-14+. The van der Waals surface area contributed by atoms with E-state index in [-0.39, 0.29) is 5.91 Å². The van der Waals surface area contributed by atoms with Gasteiger partial charge in [0.25, 0.3) is 0 Å². The van der Waals surface area contributed by atoms with Crippen LogP contribution in [-0.4, -0.2) is 40.9 Å². The Morgan fingerprint density at radius 1 is 1.07 bits per heavy atom. The molecular weight excluding hydrogens is 372 g/mol. The minimum Gasteiger partial charge on any atom is -0.360 e. The van der Waals surface area contributed by atoms with Crippen molar-refractivity contribution >= 4 is 17.8 Å². The third-order valence-electron chi connectivity index (χ3n) is 5.44. The lowest BCUT2D eigenvalue weighted by Gasteiger charge is -2.31. The quantitative estimate of drug-likeness (QED) is 0.605. The number of hydrogen-bond acceptors (Lipinski definition) is 4. The van der Waals surface area contributed by atoms with Crippen molar-refractivity contribution in [3.05, 3.63) is 83.6 Å². The third-order valence-corrected chi connectivity index (χ3v) is 5.44. The molecule has 0 saturated heterocycles. The van der Waals surface area contributed by atoms with Crippen LogP contribution in [0.3, 0.4) is 0 Å². The molecule has 5 heteroatoms. The lowest BCUT2D eigenvalue weighted by atomic mass is 10.0. The molecule has 3 aromatic rings. The second kappa shape index (κ2) is 8.91. The molecule has 0 saturated carbocycles. The fraction of sp³-hybridized carbons (Fsp3) is 0.240. The molecule has 1 amide bonds. The summed E-state index contributed by atoms with van der Waals surface area (Å²) in [6.07, 6.45) is 4.25. The summed E-state index contributed by atoms with van der Waals surface area (Å²) in [5.41, 5.74) is 4.11. The fourth-order valence-electron chi connectivity index (χ4n) is 3.60. The number of fused-ring (bicyclic) bond motifs is 1. The minimum atomic E-state index is 0.0155. The number of anilines is 1. The summed E-state index contributed by atoms with van der Waals surface area (Å²) in [5, 5.41) is 0. The van der Waals surface area contributed by atoms with Crippen LogP contribution in [0.15, 0.2) is 66.7 Å². The first-order chi connectivity index (χ1) is 14.7. The maximum Gasteiger partial charge on any atom is 0.246 e. The van der Waals surface area contributed by atoms with E-state index < -0.39 is 0 Å². The van der Waals surface area contributed by atoms with Crippen molar-refractivity contribution in [2.45, 2.75) is 19.9 Å². The third kappa shape index (κ3) is 4.25. The Balaban J connectivity index is 1.62. The fourth-order valence-corrected chi connectivity index (χ4v) is 3.60. The predicted octanol–water partition coefficient (Wildman–Crippen LogP) is 4.20. The second-order valence-corrected chi connectivity index (χ2v) is 7.43. The van der Waals surface area contributed by atoms with Gasteiger partial charge in [-0.25, -0.2) is 9.97 Å². The van der Waals surface area contributed by atoms with E-state index in [2.05, 4.69) is 11.8 Å². The van der Waals surface area contributed by atoms with E-state index in [1.54, 1.807) is 6.08 Å². The number of carbonyl (C=O) groups excluding carboxylic acids is 1. The summed E-state index contributed by atoms with van der Waals surface area (Å²) < 4.78 is 0. The van der Waals surface area contributed by atoms with Crippen molar-refractivity contribution in [2.24, 2.45) is 0 Å². The molecule has 1 aromatic heterocycles. The van der Waals surface area contributed by atoms with E-state index in [0.29, 0.717) is 13.1 Å². The molecule has 0 fully saturated rings. The molecule has 0 aliphatic carbocycles. The Morgan fingerprint density at radius 3 is 2.47 bits per heavy atom. The molecule has 0 N–H and O–H groups in total. The van der Waals surface area contributed by atoms with Gasteiger partial charge in [0.05, 0.1) is 12.2 Å². The van der Waals surface area contributed by atoms with Gasteiger partial charge in [-0.15, -0.1) is 0 Å². The van der Waals surface area contributed by atoms with Crippen LogP contribution in [0.2, 0.25) is 0 Å². The average molecular weight is 399 g/mol. The molecule has 0 atom stereocenters. The maximum atomic E-state index is 12.8. The SMILES string of the molecule is CCN(C)c1nc(-c2ccccc2)nc2c1CN(C(=O)/C=C/c1ccccc1)CC2. The first-order valence-electron chi connectivity index (χ1n) is 10.3. The number of nitrogens with zero attached hydrogens (tertiary/aromatic N) is 4. The minimum absolute atomic E-state index is 0.0155. The molecule has 2 heterocycles. The van der Waals surface area contributed by atoms with Crippen molar-refractivity contribution in [3.8, 4) is 11.4 Å². The van der Waals surface area contributed by atoms with Crippen molar-refractivity contribution in [1.82, 2.24) is 14.9 Å². The van der Waals surface area contributed by atoms with E-state index in [9.17, 15) is 4.79 Å². The first kappa shape index (κ1) is 19.8. The number of amides is 1. The molecule has 4 rings (SSSR count). The highest BCUT2D eigenvalue weighted by molar-refractivity contribution is 5.92. The maximum absolute atomic E-state index is 12.8. The monoisotopic (exact) mass is 398 g/mol. The molecule has 1 aliphatic heterocycles. The zero-order chi connectivity index (χ0) is 20.9. The number of rotatable bonds is 5. The molecule has 2 aromatic carbocycles. The van der Waals surface area contributed by atoms with Crippen LogP contribution in [0.25, 0.3) is 17.5 Å². The highest BCUT2D eigenvalue weighted by Gasteiger charge is 2.26. The summed E-state index contributed by atoms with van der Waals surface area (Å²) in [6.45, 7) is 4.12. The Hall–Kier alpha value is -3.47. The van der Waals surface area contributed by atoms with Gasteiger partial charge in [0.15, 0.2) is 5.82 Å². The van der Waals surface area contributed by atoms with Gasteiger partial charge in [0, 0.05) is 43.8 Å². The van der Waals surface area contributed by atoms with Gasteiger partial charge < -0.3 is 9.80 Å². The average Bonchev–Trinajstić information content (AvgIpc) is 2.82. The Morgan fingerprint density at radius 2 is 1.77 bits per heavy atom. The Bertz CT molecular complexity index is 1050. The topological polar surface area (TPSA) is 49.3 Å². The number of benzene rings is 2. The normalized spacial score (nSPS) is 13.3. The molecule has 30 heavy (non-hydrogen) atoms.